The summed E-state index contributed by atoms with van der Waals surface area (Å²) in [5.74, 6) is -0.864. The molecule has 0 fully saturated rings. The highest BCUT2D eigenvalue weighted by Crippen LogP contribution is 2.41. The number of amides is 1. The predicted octanol–water partition coefficient (Wildman–Crippen LogP) is 3.63. The van der Waals surface area contributed by atoms with E-state index < -0.39 is 36.1 Å². The van der Waals surface area contributed by atoms with Crippen molar-refractivity contribution >= 4 is 28.9 Å². The Hall–Kier alpha value is -3.53. The number of nitriles is 1. The molecule has 0 spiro atoms. The number of carbonyl (C=O) groups is 1. The smallest absolute Gasteiger partial charge is 0.420 e. The van der Waals surface area contributed by atoms with Crippen molar-refractivity contribution in [2.75, 3.05) is 27.3 Å². The molecule has 8 nitrogen and oxygen atoms in total. The van der Waals surface area contributed by atoms with Crippen LogP contribution in [0.5, 0.6) is 17.2 Å². The van der Waals surface area contributed by atoms with Crippen LogP contribution in [0, 0.1) is 11.3 Å². The molecule has 2 aromatic carbocycles. The molecule has 1 aliphatic rings. The molecule has 2 N–H and O–H groups in total. The summed E-state index contributed by atoms with van der Waals surface area (Å²) in [5, 5.41) is 27.8. The zero-order valence-electron chi connectivity index (χ0n) is 18.5. The van der Waals surface area contributed by atoms with Gasteiger partial charge in [-0.25, -0.2) is 0 Å². The van der Waals surface area contributed by atoms with Gasteiger partial charge in [-0.2, -0.15) is 23.4 Å². The highest BCUT2D eigenvalue weighted by atomic mass is 32.2. The number of hydrogen-bond acceptors (Lipinski definition) is 8. The van der Waals surface area contributed by atoms with Crippen LogP contribution < -0.4 is 9.47 Å². The van der Waals surface area contributed by atoms with Crippen LogP contribution in [-0.4, -0.2) is 59.6 Å². The van der Waals surface area contributed by atoms with Crippen molar-refractivity contribution in [2.45, 2.75) is 12.3 Å². The third kappa shape index (κ3) is 6.33. The predicted molar refractivity (Wildman–Crippen MR) is 123 cm³/mol. The molecule has 1 unspecified atom stereocenters. The number of halogens is 3. The van der Waals surface area contributed by atoms with E-state index in [4.69, 9.17) is 19.8 Å². The Balaban J connectivity index is 1.83. The summed E-state index contributed by atoms with van der Waals surface area (Å²) in [6, 6.07) is 9.08. The van der Waals surface area contributed by atoms with E-state index in [2.05, 4.69) is 4.99 Å². The molecule has 12 heteroatoms. The van der Waals surface area contributed by atoms with Crippen molar-refractivity contribution in [1.29, 1.82) is 5.26 Å². The lowest BCUT2D eigenvalue weighted by Crippen LogP contribution is -2.33. The standard InChI is InChI=1S/C23H20F3N3O5S/c1-29(11-15(31)12-30)22-28-21(32)20(35-22)9-13-3-6-18(19(8-13)33-2)34-17-5-4-14(10-27)7-16(17)23(24,25)26/h3-9,15,30-31H,11-12H2,1-2H3/b20-9+. The number of aliphatic imine (C=N–C) groups is 1. The summed E-state index contributed by atoms with van der Waals surface area (Å²) >= 11 is 1.07. The number of thioether (sulfide) groups is 1. The molecule has 0 bridgehead atoms. The van der Waals surface area contributed by atoms with Gasteiger partial charge < -0.3 is 24.6 Å². The number of aliphatic hydroxyl groups is 2. The Kier molecular flexibility index (Phi) is 8.06. The summed E-state index contributed by atoms with van der Waals surface area (Å²) in [5.41, 5.74) is -0.747. The molecule has 184 valence electrons. The normalized spacial score (nSPS) is 15.5. The van der Waals surface area contributed by atoms with Crippen LogP contribution in [0.3, 0.4) is 0 Å². The molecule has 3 rings (SSSR count). The van der Waals surface area contributed by atoms with Gasteiger partial charge in [-0.1, -0.05) is 6.07 Å². The van der Waals surface area contributed by atoms with Crippen LogP contribution >= 0.6 is 11.8 Å². The molecule has 0 saturated heterocycles. The third-order valence-corrected chi connectivity index (χ3v) is 5.85. The maximum atomic E-state index is 13.5. The largest absolute Gasteiger partial charge is 0.493 e. The minimum atomic E-state index is -4.74. The van der Waals surface area contributed by atoms with Gasteiger partial charge in [0.25, 0.3) is 5.91 Å². The van der Waals surface area contributed by atoms with Crippen LogP contribution in [-0.2, 0) is 11.0 Å². The van der Waals surface area contributed by atoms with Gasteiger partial charge in [0.15, 0.2) is 16.7 Å². The number of methoxy groups -OCH3 is 1. The third-order valence-electron chi connectivity index (χ3n) is 4.75. The molecular formula is C23H20F3N3O5S. The van der Waals surface area contributed by atoms with Crippen LogP contribution in [0.4, 0.5) is 13.2 Å². The van der Waals surface area contributed by atoms with Gasteiger partial charge in [0.05, 0.1) is 41.9 Å². The minimum Gasteiger partial charge on any atom is -0.493 e. The summed E-state index contributed by atoms with van der Waals surface area (Å²) in [6.45, 7) is -0.349. The summed E-state index contributed by atoms with van der Waals surface area (Å²) < 4.78 is 51.1. The average molecular weight is 507 g/mol. The molecule has 0 aliphatic carbocycles. The first kappa shape index (κ1) is 26.1. The molecule has 1 heterocycles. The van der Waals surface area contributed by atoms with Crippen LogP contribution in [0.15, 0.2) is 46.3 Å². The lowest BCUT2D eigenvalue weighted by molar-refractivity contribution is -0.138. The summed E-state index contributed by atoms with van der Waals surface area (Å²) in [4.78, 5) is 18.1. The van der Waals surface area contributed by atoms with Crippen molar-refractivity contribution in [2.24, 2.45) is 4.99 Å². The summed E-state index contributed by atoms with van der Waals surface area (Å²) in [7, 11) is 2.94. The van der Waals surface area contributed by atoms with E-state index in [1.165, 1.54) is 42.4 Å². The van der Waals surface area contributed by atoms with Gasteiger partial charge in [0, 0.05) is 13.6 Å². The first-order valence-corrected chi connectivity index (χ1v) is 10.9. The van der Waals surface area contributed by atoms with Crippen molar-refractivity contribution in [3.8, 4) is 23.3 Å². The quantitative estimate of drug-likeness (QED) is 0.546. The second-order valence-corrected chi connectivity index (χ2v) is 8.37. The van der Waals surface area contributed by atoms with E-state index in [0.29, 0.717) is 16.8 Å². The molecular weight excluding hydrogens is 487 g/mol. The number of ether oxygens (including phenoxy) is 2. The van der Waals surface area contributed by atoms with E-state index in [9.17, 15) is 23.1 Å². The van der Waals surface area contributed by atoms with E-state index in [1.54, 1.807) is 13.1 Å². The molecule has 0 radical (unpaired) electrons. The average Bonchev–Trinajstić information content (AvgIpc) is 3.19. The number of hydrogen-bond donors (Lipinski definition) is 2. The Morgan fingerprint density at radius 3 is 2.57 bits per heavy atom. The van der Waals surface area contributed by atoms with Crippen molar-refractivity contribution < 1.29 is 37.7 Å². The van der Waals surface area contributed by atoms with Crippen molar-refractivity contribution in [3.63, 3.8) is 0 Å². The Morgan fingerprint density at radius 2 is 1.94 bits per heavy atom. The summed E-state index contributed by atoms with van der Waals surface area (Å²) in [6.07, 6.45) is -4.19. The molecule has 1 aliphatic heterocycles. The lowest BCUT2D eigenvalue weighted by Gasteiger charge is -2.20. The van der Waals surface area contributed by atoms with Gasteiger partial charge in [-0.05, 0) is 53.7 Å². The Bertz CT molecular complexity index is 1220. The maximum Gasteiger partial charge on any atom is 0.420 e. The number of alkyl halides is 3. The second kappa shape index (κ2) is 10.8. The van der Waals surface area contributed by atoms with Gasteiger partial charge in [0.2, 0.25) is 0 Å². The molecule has 1 amide bonds. The minimum absolute atomic E-state index is 0.00456. The van der Waals surface area contributed by atoms with E-state index in [0.717, 1.165) is 17.8 Å². The van der Waals surface area contributed by atoms with E-state index in [1.807, 2.05) is 0 Å². The highest BCUT2D eigenvalue weighted by molar-refractivity contribution is 8.18. The highest BCUT2D eigenvalue weighted by Gasteiger charge is 2.35. The molecule has 2 aromatic rings. The van der Waals surface area contributed by atoms with Gasteiger partial charge in [-0.15, -0.1) is 0 Å². The monoisotopic (exact) mass is 507 g/mol. The number of nitrogens with zero attached hydrogens (tertiary/aromatic N) is 3. The molecule has 35 heavy (non-hydrogen) atoms. The number of likely N-dealkylation sites (N-methyl/N-ethyl adjacent to an activating group) is 1. The van der Waals surface area contributed by atoms with Crippen molar-refractivity contribution in [3.05, 3.63) is 58.0 Å². The Morgan fingerprint density at radius 1 is 1.23 bits per heavy atom. The zero-order valence-corrected chi connectivity index (χ0v) is 19.4. The number of benzene rings is 2. The zero-order chi connectivity index (χ0) is 25.8. The number of aliphatic hydroxyl groups excluding tert-OH is 2. The fraction of sp³-hybridized carbons (Fsp3) is 0.261. The van der Waals surface area contributed by atoms with Crippen molar-refractivity contribution in [1.82, 2.24) is 4.90 Å². The van der Waals surface area contributed by atoms with Gasteiger partial charge >= 0.3 is 6.18 Å². The number of amidine groups is 1. The molecule has 1 atom stereocenters. The van der Waals surface area contributed by atoms with Crippen LogP contribution in [0.2, 0.25) is 0 Å². The first-order chi connectivity index (χ1) is 16.5. The topological polar surface area (TPSA) is 115 Å². The fourth-order valence-corrected chi connectivity index (χ4v) is 3.93. The van der Waals surface area contributed by atoms with E-state index >= 15 is 0 Å². The molecule has 0 saturated carbocycles. The lowest BCUT2D eigenvalue weighted by atomic mass is 10.1. The van der Waals surface area contributed by atoms with E-state index in [-0.39, 0.29) is 28.5 Å². The molecule has 0 aromatic heterocycles. The van der Waals surface area contributed by atoms with Gasteiger partial charge in [-0.3, -0.25) is 4.79 Å². The van der Waals surface area contributed by atoms with Crippen LogP contribution in [0.25, 0.3) is 6.08 Å². The maximum absolute atomic E-state index is 13.5. The second-order valence-electron chi connectivity index (χ2n) is 7.36. The Labute approximate surface area is 202 Å². The van der Waals surface area contributed by atoms with Crippen LogP contribution in [0.1, 0.15) is 16.7 Å². The number of rotatable bonds is 7. The van der Waals surface area contributed by atoms with Gasteiger partial charge in [0.1, 0.15) is 5.75 Å². The SMILES string of the molecule is COc1cc(/C=C2/SC(N(C)CC(O)CO)=NC2=O)ccc1Oc1ccc(C#N)cc1C(F)(F)F. The number of carbonyl (C=O) groups excluding carboxylic acids is 1. The fourth-order valence-electron chi connectivity index (χ4n) is 3.05. The first-order valence-electron chi connectivity index (χ1n) is 10.1.